The van der Waals surface area contributed by atoms with Gasteiger partial charge in [-0.15, -0.1) is 0 Å². The molecule has 1 unspecified atom stereocenters. The van der Waals surface area contributed by atoms with Crippen LogP contribution in [0.1, 0.15) is 6.42 Å². The van der Waals surface area contributed by atoms with Gasteiger partial charge in [0.25, 0.3) is 5.56 Å². The summed E-state index contributed by atoms with van der Waals surface area (Å²) in [7, 11) is 0. The molecule has 0 spiro atoms. The zero-order valence-electron chi connectivity index (χ0n) is 8.81. The number of hydrogen-bond acceptors (Lipinski definition) is 5. The molecule has 0 radical (unpaired) electrons. The first kappa shape index (κ1) is 11.9. The number of aromatic amines is 1. The maximum Gasteiger partial charge on any atom is 0.325 e. The summed E-state index contributed by atoms with van der Waals surface area (Å²) in [6, 6.07) is 0. The molecule has 2 heterocycles. The van der Waals surface area contributed by atoms with Crippen LogP contribution in [0.25, 0.3) is 0 Å². The topological polar surface area (TPSA) is 112 Å². The summed E-state index contributed by atoms with van der Waals surface area (Å²) in [5.74, 6) is -1.06. The van der Waals surface area contributed by atoms with Gasteiger partial charge in [-0.1, -0.05) is 11.6 Å². The van der Waals surface area contributed by atoms with Crippen LogP contribution in [-0.4, -0.2) is 39.9 Å². The fourth-order valence-corrected chi connectivity index (χ4v) is 2.02. The van der Waals surface area contributed by atoms with E-state index in [0.29, 0.717) is 18.7 Å². The molecule has 0 saturated carbocycles. The molecular formula is C9H11ClN4O3. The number of aliphatic carboxylic acids is 1. The molecular weight excluding hydrogens is 248 g/mol. The van der Waals surface area contributed by atoms with E-state index in [1.807, 2.05) is 0 Å². The molecule has 1 aromatic rings. The smallest absolute Gasteiger partial charge is 0.325 e. The summed E-state index contributed by atoms with van der Waals surface area (Å²) in [6.45, 7) is 0.529. The van der Waals surface area contributed by atoms with E-state index in [2.05, 4.69) is 10.2 Å². The molecule has 8 heteroatoms. The lowest BCUT2D eigenvalue weighted by Gasteiger charge is -2.21. The second kappa shape index (κ2) is 4.01. The number of carboxylic acids is 1. The first-order chi connectivity index (χ1) is 7.94. The number of carboxylic acid groups (broad SMARTS) is 1. The summed E-state index contributed by atoms with van der Waals surface area (Å²) in [6.07, 6.45) is 1.68. The molecule has 0 aromatic carbocycles. The third-order valence-corrected chi connectivity index (χ3v) is 3.21. The standard InChI is InChI=1S/C9H11ClN4O3/c10-6-5(3-12-13-7(6)15)14-2-1-9(11,4-14)8(16)17/h3H,1-2,4,11H2,(H,13,15)(H,16,17). The van der Waals surface area contributed by atoms with Gasteiger partial charge in [0.05, 0.1) is 11.9 Å². The molecule has 0 amide bonds. The van der Waals surface area contributed by atoms with Crippen LogP contribution >= 0.6 is 11.6 Å². The maximum absolute atomic E-state index is 11.3. The number of nitrogens with zero attached hydrogens (tertiary/aromatic N) is 2. The number of halogens is 1. The van der Waals surface area contributed by atoms with Gasteiger partial charge in [0.2, 0.25) is 0 Å². The Balaban J connectivity index is 2.30. The maximum atomic E-state index is 11.3. The Labute approximate surface area is 101 Å². The van der Waals surface area contributed by atoms with Crippen molar-refractivity contribution in [2.75, 3.05) is 18.0 Å². The van der Waals surface area contributed by atoms with E-state index in [1.165, 1.54) is 6.20 Å². The summed E-state index contributed by atoms with van der Waals surface area (Å²) in [5, 5.41) is 14.8. The zero-order chi connectivity index (χ0) is 12.6. The van der Waals surface area contributed by atoms with Gasteiger partial charge in [0.1, 0.15) is 10.6 Å². The van der Waals surface area contributed by atoms with Gasteiger partial charge in [0, 0.05) is 13.1 Å². The minimum absolute atomic E-state index is 0.00496. The van der Waals surface area contributed by atoms with Gasteiger partial charge in [-0.05, 0) is 6.42 Å². The SMILES string of the molecule is NC1(C(=O)O)CCN(c2cn[nH]c(=O)c2Cl)C1. The van der Waals surface area contributed by atoms with E-state index < -0.39 is 17.1 Å². The number of hydrogen-bond donors (Lipinski definition) is 3. The minimum atomic E-state index is -1.30. The average molecular weight is 259 g/mol. The van der Waals surface area contributed by atoms with Gasteiger partial charge < -0.3 is 15.7 Å². The Morgan fingerprint density at radius 1 is 1.71 bits per heavy atom. The van der Waals surface area contributed by atoms with E-state index in [0.717, 1.165) is 0 Å². The van der Waals surface area contributed by atoms with Crippen LogP contribution in [0.4, 0.5) is 5.69 Å². The fraction of sp³-hybridized carbons (Fsp3) is 0.444. The molecule has 17 heavy (non-hydrogen) atoms. The van der Waals surface area contributed by atoms with E-state index in [-0.39, 0.29) is 11.6 Å². The lowest BCUT2D eigenvalue weighted by Crippen LogP contribution is -2.50. The Hall–Kier alpha value is -1.60. The van der Waals surface area contributed by atoms with Gasteiger partial charge in [-0.2, -0.15) is 5.10 Å². The summed E-state index contributed by atoms with van der Waals surface area (Å²) in [4.78, 5) is 23.9. The van der Waals surface area contributed by atoms with Gasteiger partial charge in [-0.25, -0.2) is 5.10 Å². The third kappa shape index (κ3) is 1.98. The Morgan fingerprint density at radius 3 is 3.00 bits per heavy atom. The Bertz CT molecular complexity index is 517. The highest BCUT2D eigenvalue weighted by Crippen LogP contribution is 2.28. The van der Waals surface area contributed by atoms with Crippen molar-refractivity contribution < 1.29 is 9.90 Å². The van der Waals surface area contributed by atoms with Crippen molar-refractivity contribution in [1.29, 1.82) is 0 Å². The van der Waals surface area contributed by atoms with Gasteiger partial charge in [0.15, 0.2) is 0 Å². The molecule has 1 saturated heterocycles. The number of nitrogens with one attached hydrogen (secondary N) is 1. The Kier molecular flexibility index (Phi) is 2.80. The van der Waals surface area contributed by atoms with Crippen molar-refractivity contribution in [3.05, 3.63) is 21.6 Å². The van der Waals surface area contributed by atoms with Crippen LogP contribution in [0.2, 0.25) is 5.02 Å². The first-order valence-corrected chi connectivity index (χ1v) is 5.32. The van der Waals surface area contributed by atoms with Crippen molar-refractivity contribution in [2.24, 2.45) is 5.73 Å². The molecule has 4 N–H and O–H groups in total. The summed E-state index contributed by atoms with van der Waals surface area (Å²) in [5.41, 5.74) is 4.33. The molecule has 92 valence electrons. The fourth-order valence-electron chi connectivity index (χ4n) is 1.81. The molecule has 1 fully saturated rings. The van der Waals surface area contributed by atoms with Crippen LogP contribution in [0.15, 0.2) is 11.0 Å². The zero-order valence-corrected chi connectivity index (χ0v) is 9.57. The molecule has 2 rings (SSSR count). The normalized spacial score (nSPS) is 24.0. The molecule has 0 aliphatic carbocycles. The lowest BCUT2D eigenvalue weighted by atomic mass is 10.0. The number of rotatable bonds is 2. The van der Waals surface area contributed by atoms with Crippen LogP contribution in [0.5, 0.6) is 0 Å². The van der Waals surface area contributed by atoms with Gasteiger partial charge >= 0.3 is 5.97 Å². The number of H-pyrrole nitrogens is 1. The number of aromatic nitrogens is 2. The quantitative estimate of drug-likeness (QED) is 0.654. The number of anilines is 1. The van der Waals surface area contributed by atoms with E-state index in [9.17, 15) is 9.59 Å². The van der Waals surface area contributed by atoms with Crippen molar-refractivity contribution in [3.8, 4) is 0 Å². The molecule has 1 aliphatic rings. The van der Waals surface area contributed by atoms with E-state index in [4.69, 9.17) is 22.4 Å². The van der Waals surface area contributed by atoms with E-state index >= 15 is 0 Å². The summed E-state index contributed by atoms with van der Waals surface area (Å²) < 4.78 is 0. The second-order valence-corrected chi connectivity index (χ2v) is 4.41. The molecule has 1 aromatic heterocycles. The first-order valence-electron chi connectivity index (χ1n) is 4.94. The number of carbonyl (C=O) groups is 1. The van der Waals surface area contributed by atoms with E-state index in [1.54, 1.807) is 4.90 Å². The lowest BCUT2D eigenvalue weighted by molar-refractivity contribution is -0.142. The van der Waals surface area contributed by atoms with Crippen molar-refractivity contribution in [3.63, 3.8) is 0 Å². The minimum Gasteiger partial charge on any atom is -0.480 e. The third-order valence-electron chi connectivity index (χ3n) is 2.84. The highest BCUT2D eigenvalue weighted by atomic mass is 35.5. The van der Waals surface area contributed by atoms with Crippen LogP contribution in [0.3, 0.4) is 0 Å². The van der Waals surface area contributed by atoms with Crippen molar-refractivity contribution >= 4 is 23.3 Å². The molecule has 1 aliphatic heterocycles. The molecule has 1 atom stereocenters. The highest BCUT2D eigenvalue weighted by molar-refractivity contribution is 6.33. The van der Waals surface area contributed by atoms with Crippen LogP contribution < -0.4 is 16.2 Å². The predicted octanol–water partition coefficient (Wildman–Crippen LogP) is -0.585. The highest BCUT2D eigenvalue weighted by Gasteiger charge is 2.42. The second-order valence-electron chi connectivity index (χ2n) is 4.03. The Morgan fingerprint density at radius 2 is 2.41 bits per heavy atom. The average Bonchev–Trinajstić information content (AvgIpc) is 2.66. The van der Waals surface area contributed by atoms with Crippen LogP contribution in [0, 0.1) is 0 Å². The summed E-state index contributed by atoms with van der Waals surface area (Å²) >= 11 is 5.83. The van der Waals surface area contributed by atoms with Gasteiger partial charge in [-0.3, -0.25) is 9.59 Å². The predicted molar refractivity (Wildman–Crippen MR) is 61.3 cm³/mol. The monoisotopic (exact) mass is 258 g/mol. The van der Waals surface area contributed by atoms with Crippen LogP contribution in [-0.2, 0) is 4.79 Å². The van der Waals surface area contributed by atoms with Crippen molar-refractivity contribution in [1.82, 2.24) is 10.2 Å². The molecule has 7 nitrogen and oxygen atoms in total. The van der Waals surface area contributed by atoms with Crippen molar-refractivity contribution in [2.45, 2.75) is 12.0 Å². The largest absolute Gasteiger partial charge is 0.480 e. The molecule has 0 bridgehead atoms. The number of nitrogens with two attached hydrogens (primary N) is 1.